The van der Waals surface area contributed by atoms with E-state index in [1.807, 2.05) is 0 Å². The third kappa shape index (κ3) is 5.43. The highest BCUT2D eigenvalue weighted by Gasteiger charge is 2.43. The zero-order valence-electron chi connectivity index (χ0n) is 18.7. The molecule has 2 heterocycles. The van der Waals surface area contributed by atoms with Crippen LogP contribution < -0.4 is 0 Å². The van der Waals surface area contributed by atoms with Crippen molar-refractivity contribution in [1.82, 2.24) is 0 Å². The van der Waals surface area contributed by atoms with Gasteiger partial charge in [0.1, 0.15) is 61.0 Å². The second-order valence-corrected chi connectivity index (χ2v) is 8.52. The van der Waals surface area contributed by atoms with Gasteiger partial charge in [-0.3, -0.25) is 0 Å². The lowest BCUT2D eigenvalue weighted by Gasteiger charge is -2.37. The number of hydrogen-bond acceptors (Lipinski definition) is 10. The summed E-state index contributed by atoms with van der Waals surface area (Å²) in [5, 5.41) is 78.4. The first-order chi connectivity index (χ1) is 16.1. The van der Waals surface area contributed by atoms with Crippen LogP contribution in [-0.2, 0) is 9.47 Å². The highest BCUT2D eigenvalue weighted by molar-refractivity contribution is 5.52. The van der Waals surface area contributed by atoms with Crippen LogP contribution in [-0.4, -0.2) is 115 Å². The normalized spacial score (nSPS) is 37.8. The molecule has 2 aliphatic rings. The molecule has 2 fully saturated rings. The third-order valence-electron chi connectivity index (χ3n) is 6.05. The molecule has 0 spiro atoms. The Hall–Kier alpha value is -2.06. The number of rotatable bonds is 2. The Labute approximate surface area is 197 Å². The van der Waals surface area contributed by atoms with E-state index < -0.39 is 74.3 Å². The van der Waals surface area contributed by atoms with Crippen LogP contribution in [0.25, 0.3) is 0 Å². The molecule has 1 aromatic carbocycles. The van der Waals surface area contributed by atoms with Gasteiger partial charge in [0.25, 0.3) is 0 Å². The minimum absolute atomic E-state index is 0.539. The molecular formula is C24H30O10. The van der Waals surface area contributed by atoms with Crippen LogP contribution in [0.15, 0.2) is 12.1 Å². The summed E-state index contributed by atoms with van der Waals surface area (Å²) in [6.45, 7) is 2.50. The lowest BCUT2D eigenvalue weighted by atomic mass is 9.94. The zero-order chi connectivity index (χ0) is 25.2. The molecule has 34 heavy (non-hydrogen) atoms. The Balaban J connectivity index is 1.80. The molecule has 0 saturated carbocycles. The average Bonchev–Trinajstić information content (AvgIpc) is 2.82. The van der Waals surface area contributed by atoms with Gasteiger partial charge in [-0.05, 0) is 37.1 Å². The molecule has 186 valence electrons. The quantitative estimate of drug-likeness (QED) is 0.201. The van der Waals surface area contributed by atoms with E-state index in [1.54, 1.807) is 26.0 Å². The maximum atomic E-state index is 10.1. The molecule has 0 amide bonds. The summed E-state index contributed by atoms with van der Waals surface area (Å²) in [7, 11) is 0. The molecule has 3 rings (SSSR count). The van der Waals surface area contributed by atoms with Crippen molar-refractivity contribution in [2.24, 2.45) is 0 Å². The number of hydrogen-bond donors (Lipinski definition) is 8. The topological polar surface area (TPSA) is 180 Å². The number of aryl methyl sites for hydroxylation is 2. The van der Waals surface area contributed by atoms with Crippen LogP contribution in [0.2, 0.25) is 0 Å². The third-order valence-corrected chi connectivity index (χ3v) is 6.05. The number of aliphatic hydroxyl groups is 8. The molecule has 0 radical (unpaired) electrons. The smallest absolute Gasteiger partial charge is 0.147 e. The molecule has 0 aliphatic carbocycles. The minimum Gasteiger partial charge on any atom is -0.394 e. The predicted molar refractivity (Wildman–Crippen MR) is 117 cm³/mol. The van der Waals surface area contributed by atoms with Gasteiger partial charge < -0.3 is 50.3 Å². The van der Waals surface area contributed by atoms with E-state index in [2.05, 4.69) is 23.7 Å². The Kier molecular flexibility index (Phi) is 8.68. The molecule has 10 heteroatoms. The highest BCUT2D eigenvalue weighted by atomic mass is 16.5. The van der Waals surface area contributed by atoms with Gasteiger partial charge in [0.2, 0.25) is 0 Å². The van der Waals surface area contributed by atoms with Gasteiger partial charge in [-0.15, -0.1) is 0 Å². The molecule has 2 aliphatic heterocycles. The second-order valence-electron chi connectivity index (χ2n) is 8.52. The van der Waals surface area contributed by atoms with Crippen LogP contribution >= 0.6 is 0 Å². The van der Waals surface area contributed by atoms with E-state index in [1.165, 1.54) is 0 Å². The van der Waals surface area contributed by atoms with Crippen molar-refractivity contribution in [3.63, 3.8) is 0 Å². The molecule has 0 bridgehead atoms. The van der Waals surface area contributed by atoms with E-state index in [0.717, 1.165) is 11.1 Å². The van der Waals surface area contributed by atoms with Crippen LogP contribution in [0.1, 0.15) is 22.3 Å². The minimum atomic E-state index is -1.51. The Morgan fingerprint density at radius 1 is 0.618 bits per heavy atom. The summed E-state index contributed by atoms with van der Waals surface area (Å²) >= 11 is 0. The average molecular weight is 478 g/mol. The summed E-state index contributed by atoms with van der Waals surface area (Å²) < 4.78 is 10.8. The first-order valence-corrected chi connectivity index (χ1v) is 10.8. The van der Waals surface area contributed by atoms with Gasteiger partial charge in [0.05, 0.1) is 13.2 Å². The van der Waals surface area contributed by atoms with Crippen LogP contribution in [0.4, 0.5) is 0 Å². The fourth-order valence-corrected chi connectivity index (χ4v) is 3.82. The Morgan fingerprint density at radius 3 is 1.29 bits per heavy atom. The number of ether oxygens (including phenoxy) is 2. The van der Waals surface area contributed by atoms with Gasteiger partial charge in [-0.25, -0.2) is 0 Å². The Bertz CT molecular complexity index is 905. The summed E-state index contributed by atoms with van der Waals surface area (Å²) in [5.74, 6) is 11.2. The molecule has 10 unspecified atom stereocenters. The highest BCUT2D eigenvalue weighted by Crippen LogP contribution is 2.23. The van der Waals surface area contributed by atoms with E-state index in [-0.39, 0.29) is 0 Å². The summed E-state index contributed by atoms with van der Waals surface area (Å²) in [5.41, 5.74) is 2.68. The monoisotopic (exact) mass is 478 g/mol. The lowest BCUT2D eigenvalue weighted by Crippen LogP contribution is -2.58. The molecular weight excluding hydrogens is 448 g/mol. The van der Waals surface area contributed by atoms with Crippen molar-refractivity contribution in [3.05, 3.63) is 34.4 Å². The summed E-state index contributed by atoms with van der Waals surface area (Å²) in [6.07, 6.45) is -13.1. The van der Waals surface area contributed by atoms with E-state index in [4.69, 9.17) is 9.47 Å². The molecule has 1 aromatic rings. The molecule has 10 atom stereocenters. The van der Waals surface area contributed by atoms with E-state index >= 15 is 0 Å². The van der Waals surface area contributed by atoms with Crippen LogP contribution in [0.3, 0.4) is 0 Å². The van der Waals surface area contributed by atoms with E-state index in [9.17, 15) is 40.9 Å². The van der Waals surface area contributed by atoms with Crippen molar-refractivity contribution in [2.45, 2.75) is 74.9 Å². The van der Waals surface area contributed by atoms with Crippen molar-refractivity contribution < 1.29 is 50.3 Å². The number of benzene rings is 1. The summed E-state index contributed by atoms with van der Waals surface area (Å²) in [6, 6.07) is 3.51. The van der Waals surface area contributed by atoms with Crippen LogP contribution in [0, 0.1) is 37.5 Å². The first kappa shape index (κ1) is 26.5. The first-order valence-electron chi connectivity index (χ1n) is 10.8. The zero-order valence-corrected chi connectivity index (χ0v) is 18.7. The van der Waals surface area contributed by atoms with Gasteiger partial charge in [0, 0.05) is 11.1 Å². The molecule has 2 saturated heterocycles. The van der Waals surface area contributed by atoms with Crippen molar-refractivity contribution in [2.75, 3.05) is 13.2 Å². The van der Waals surface area contributed by atoms with Crippen molar-refractivity contribution in [3.8, 4) is 23.7 Å². The standard InChI is InChI=1S/C24H30O10/c1-11-7-14(4-6-16-20(28)24(32)22(30)18(10-26)34-16)12(2)8-13(11)3-5-15-19(27)23(31)21(29)17(9-25)33-15/h7-8,15-32H,9-10H2,1-2H3. The van der Waals surface area contributed by atoms with Crippen molar-refractivity contribution in [1.29, 1.82) is 0 Å². The fourth-order valence-electron chi connectivity index (χ4n) is 3.82. The number of aliphatic hydroxyl groups excluding tert-OH is 8. The molecule has 0 aromatic heterocycles. The second kappa shape index (κ2) is 11.1. The lowest BCUT2D eigenvalue weighted by molar-refractivity contribution is -0.214. The van der Waals surface area contributed by atoms with Crippen LogP contribution in [0.5, 0.6) is 0 Å². The van der Waals surface area contributed by atoms with Gasteiger partial charge in [0.15, 0.2) is 0 Å². The van der Waals surface area contributed by atoms with Gasteiger partial charge in [-0.2, -0.15) is 0 Å². The maximum absolute atomic E-state index is 10.1. The molecule has 10 nitrogen and oxygen atoms in total. The SMILES string of the molecule is Cc1cc(C#CC2OC(CO)C(O)C(O)C2O)c(C)cc1C#CC1OC(CO)C(O)C(O)C1O. The van der Waals surface area contributed by atoms with Crippen molar-refractivity contribution >= 4 is 0 Å². The Morgan fingerprint density at radius 2 is 0.971 bits per heavy atom. The maximum Gasteiger partial charge on any atom is 0.147 e. The van der Waals surface area contributed by atoms with Gasteiger partial charge in [-0.1, -0.05) is 23.7 Å². The summed E-state index contributed by atoms with van der Waals surface area (Å²) in [4.78, 5) is 0. The predicted octanol–water partition coefficient (Wildman–Crippen LogP) is -3.31. The van der Waals surface area contributed by atoms with E-state index in [0.29, 0.717) is 11.1 Å². The largest absolute Gasteiger partial charge is 0.394 e. The van der Waals surface area contributed by atoms with Gasteiger partial charge >= 0.3 is 0 Å². The molecule has 8 N–H and O–H groups in total. The fraction of sp³-hybridized carbons (Fsp3) is 0.583.